The van der Waals surface area contributed by atoms with Crippen LogP contribution >= 0.6 is 27.3 Å². The van der Waals surface area contributed by atoms with Crippen molar-refractivity contribution in [2.24, 2.45) is 0 Å². The number of unbranched alkanes of at least 4 members (excludes halogenated alkanes) is 1. The lowest BCUT2D eigenvalue weighted by atomic mass is 10.3. The van der Waals surface area contributed by atoms with Crippen molar-refractivity contribution in [3.8, 4) is 0 Å². The fraction of sp³-hybridized carbons (Fsp3) is 0.400. The molecule has 0 atom stereocenters. The zero-order chi connectivity index (χ0) is 9.52. The van der Waals surface area contributed by atoms with E-state index in [1.165, 1.54) is 15.8 Å². The van der Waals surface area contributed by atoms with Gasteiger partial charge in [0.25, 0.3) is 0 Å². The van der Waals surface area contributed by atoms with Gasteiger partial charge >= 0.3 is 0 Å². The second kappa shape index (κ2) is 6.35. The second-order valence-electron chi connectivity index (χ2n) is 2.84. The Hall–Kier alpha value is -0.120. The lowest BCUT2D eigenvalue weighted by molar-refractivity contribution is 0.660. The third kappa shape index (κ3) is 4.60. The number of halogens is 1. The maximum atomic E-state index is 3.69. The topological polar surface area (TPSA) is 12.0 Å². The van der Waals surface area contributed by atoms with E-state index in [1.807, 2.05) is 6.08 Å². The predicted octanol–water partition coefficient (Wildman–Crippen LogP) is 3.57. The Morgan fingerprint density at radius 1 is 1.62 bits per heavy atom. The Labute approximate surface area is 92.0 Å². The van der Waals surface area contributed by atoms with Crippen LogP contribution in [-0.2, 0) is 6.54 Å². The Morgan fingerprint density at radius 2 is 2.46 bits per heavy atom. The third-order valence-electron chi connectivity index (χ3n) is 1.68. The van der Waals surface area contributed by atoms with E-state index < -0.39 is 0 Å². The van der Waals surface area contributed by atoms with E-state index in [0.717, 1.165) is 19.5 Å². The fourth-order valence-corrected chi connectivity index (χ4v) is 2.45. The van der Waals surface area contributed by atoms with Gasteiger partial charge in [0.1, 0.15) is 0 Å². The molecule has 3 heteroatoms. The van der Waals surface area contributed by atoms with Gasteiger partial charge in [0.2, 0.25) is 0 Å². The van der Waals surface area contributed by atoms with E-state index in [2.05, 4.69) is 39.3 Å². The number of rotatable bonds is 6. The van der Waals surface area contributed by atoms with Gasteiger partial charge in [0.15, 0.2) is 0 Å². The van der Waals surface area contributed by atoms with Gasteiger partial charge in [0.05, 0.1) is 0 Å². The highest BCUT2D eigenvalue weighted by Gasteiger charge is 1.95. The molecule has 1 heterocycles. The quantitative estimate of drug-likeness (QED) is 0.609. The van der Waals surface area contributed by atoms with Crippen LogP contribution < -0.4 is 5.32 Å². The maximum Gasteiger partial charge on any atom is 0.0300 e. The summed E-state index contributed by atoms with van der Waals surface area (Å²) in [4.78, 5) is 1.38. The van der Waals surface area contributed by atoms with Crippen LogP contribution in [0, 0.1) is 0 Å². The minimum atomic E-state index is 0.980. The molecule has 0 aliphatic heterocycles. The summed E-state index contributed by atoms with van der Waals surface area (Å²) < 4.78 is 1.18. The van der Waals surface area contributed by atoms with Crippen LogP contribution in [0.1, 0.15) is 17.7 Å². The average Bonchev–Trinajstić information content (AvgIpc) is 2.51. The number of hydrogen-bond acceptors (Lipinski definition) is 2. The van der Waals surface area contributed by atoms with Gasteiger partial charge in [-0.2, -0.15) is 0 Å². The Kier molecular flexibility index (Phi) is 5.35. The molecular weight excluding hydrogens is 246 g/mol. The molecule has 0 aliphatic carbocycles. The predicted molar refractivity (Wildman–Crippen MR) is 63.2 cm³/mol. The van der Waals surface area contributed by atoms with Crippen molar-refractivity contribution in [2.45, 2.75) is 19.4 Å². The lowest BCUT2D eigenvalue weighted by Crippen LogP contribution is -2.13. The first-order valence-electron chi connectivity index (χ1n) is 4.37. The molecule has 1 aromatic rings. The van der Waals surface area contributed by atoms with E-state index in [9.17, 15) is 0 Å². The van der Waals surface area contributed by atoms with Gasteiger partial charge < -0.3 is 5.32 Å². The summed E-state index contributed by atoms with van der Waals surface area (Å²) in [7, 11) is 0. The highest BCUT2D eigenvalue weighted by atomic mass is 79.9. The minimum Gasteiger partial charge on any atom is -0.312 e. The van der Waals surface area contributed by atoms with Crippen molar-refractivity contribution in [3.63, 3.8) is 0 Å². The molecule has 0 saturated heterocycles. The van der Waals surface area contributed by atoms with E-state index in [-0.39, 0.29) is 0 Å². The number of hydrogen-bond donors (Lipinski definition) is 1. The van der Waals surface area contributed by atoms with Crippen LogP contribution in [-0.4, -0.2) is 6.54 Å². The summed E-state index contributed by atoms with van der Waals surface area (Å²) in [6, 6.07) is 2.16. The molecule has 0 radical (unpaired) electrons. The Bertz CT molecular complexity index is 257. The summed E-state index contributed by atoms with van der Waals surface area (Å²) in [5.74, 6) is 0. The van der Waals surface area contributed by atoms with Gasteiger partial charge in [-0.3, -0.25) is 0 Å². The molecule has 13 heavy (non-hydrogen) atoms. The maximum absolute atomic E-state index is 3.69. The van der Waals surface area contributed by atoms with E-state index >= 15 is 0 Å². The van der Waals surface area contributed by atoms with Gasteiger partial charge in [-0.15, -0.1) is 17.9 Å². The number of nitrogens with one attached hydrogen (secondary N) is 1. The molecule has 1 aromatic heterocycles. The largest absolute Gasteiger partial charge is 0.312 e. The first-order valence-corrected chi connectivity index (χ1v) is 6.04. The summed E-state index contributed by atoms with van der Waals surface area (Å²) in [6.45, 7) is 5.74. The molecule has 0 aromatic carbocycles. The monoisotopic (exact) mass is 259 g/mol. The van der Waals surface area contributed by atoms with Crippen LogP contribution in [0.3, 0.4) is 0 Å². The summed E-state index contributed by atoms with van der Waals surface area (Å²) in [5, 5.41) is 5.50. The van der Waals surface area contributed by atoms with Crippen molar-refractivity contribution >= 4 is 27.3 Å². The SMILES string of the molecule is C=CCCCNCc1cc(Br)cs1. The zero-order valence-corrected chi connectivity index (χ0v) is 9.96. The molecule has 0 saturated carbocycles. The molecule has 0 spiro atoms. The normalized spacial score (nSPS) is 10.2. The minimum absolute atomic E-state index is 0.980. The van der Waals surface area contributed by atoms with E-state index in [0.29, 0.717) is 0 Å². The van der Waals surface area contributed by atoms with Crippen LogP contribution in [0.15, 0.2) is 28.6 Å². The molecule has 1 rings (SSSR count). The summed E-state index contributed by atoms with van der Waals surface area (Å²) in [5.41, 5.74) is 0. The van der Waals surface area contributed by atoms with Crippen LogP contribution in [0.2, 0.25) is 0 Å². The van der Waals surface area contributed by atoms with Crippen molar-refractivity contribution in [2.75, 3.05) is 6.54 Å². The van der Waals surface area contributed by atoms with Crippen molar-refractivity contribution in [1.82, 2.24) is 5.32 Å². The molecule has 0 unspecified atom stereocenters. The molecule has 1 N–H and O–H groups in total. The smallest absolute Gasteiger partial charge is 0.0300 e. The van der Waals surface area contributed by atoms with Gasteiger partial charge in [0, 0.05) is 21.3 Å². The first kappa shape index (κ1) is 11.0. The van der Waals surface area contributed by atoms with E-state index in [4.69, 9.17) is 0 Å². The molecule has 1 nitrogen and oxygen atoms in total. The Morgan fingerprint density at radius 3 is 3.08 bits per heavy atom. The standard InChI is InChI=1S/C10H14BrNS/c1-2-3-4-5-12-7-10-6-9(11)8-13-10/h2,6,8,12H,1,3-5,7H2. The summed E-state index contributed by atoms with van der Waals surface area (Å²) in [6.07, 6.45) is 4.24. The molecular formula is C10H14BrNS. The molecule has 0 bridgehead atoms. The Balaban J connectivity index is 2.09. The van der Waals surface area contributed by atoms with Crippen LogP contribution in [0.25, 0.3) is 0 Å². The molecule has 0 aliphatic rings. The average molecular weight is 260 g/mol. The first-order chi connectivity index (χ1) is 6.33. The third-order valence-corrected chi connectivity index (χ3v) is 3.38. The summed E-state index contributed by atoms with van der Waals surface area (Å²) >= 11 is 5.22. The van der Waals surface area contributed by atoms with Crippen molar-refractivity contribution < 1.29 is 0 Å². The molecule has 72 valence electrons. The molecule has 0 fully saturated rings. The zero-order valence-electron chi connectivity index (χ0n) is 7.55. The van der Waals surface area contributed by atoms with Gasteiger partial charge in [-0.25, -0.2) is 0 Å². The van der Waals surface area contributed by atoms with Crippen molar-refractivity contribution in [1.29, 1.82) is 0 Å². The highest BCUT2D eigenvalue weighted by molar-refractivity contribution is 9.10. The van der Waals surface area contributed by atoms with Gasteiger partial charge in [-0.1, -0.05) is 6.08 Å². The lowest BCUT2D eigenvalue weighted by Gasteiger charge is -2.00. The van der Waals surface area contributed by atoms with E-state index in [1.54, 1.807) is 11.3 Å². The fourth-order valence-electron chi connectivity index (χ4n) is 1.03. The highest BCUT2D eigenvalue weighted by Crippen LogP contribution is 2.19. The number of allylic oxidation sites excluding steroid dienone is 1. The van der Waals surface area contributed by atoms with Gasteiger partial charge in [-0.05, 0) is 41.4 Å². The van der Waals surface area contributed by atoms with Crippen LogP contribution in [0.5, 0.6) is 0 Å². The number of thiophene rings is 1. The molecule has 0 amide bonds. The van der Waals surface area contributed by atoms with Crippen LogP contribution in [0.4, 0.5) is 0 Å². The van der Waals surface area contributed by atoms with Crippen molar-refractivity contribution in [3.05, 3.63) is 33.5 Å². The second-order valence-corrected chi connectivity index (χ2v) is 4.75.